The fraction of sp³-hybridized carbons (Fsp3) is 0.556. The largest absolute Gasteiger partial charge is 0.368 e. The van der Waals surface area contributed by atoms with E-state index in [4.69, 9.17) is 5.73 Å². The van der Waals surface area contributed by atoms with Gasteiger partial charge in [0.1, 0.15) is 5.82 Å². The number of allylic oxidation sites excluding steroid dienone is 3. The molecule has 1 aromatic heterocycles. The minimum absolute atomic E-state index is 0.0344. The van der Waals surface area contributed by atoms with Gasteiger partial charge in [-0.3, -0.25) is 0 Å². The Hall–Kier alpha value is -1.36. The third-order valence-corrected chi connectivity index (χ3v) is 6.36. The van der Waals surface area contributed by atoms with Crippen molar-refractivity contribution in [1.82, 2.24) is 9.97 Å². The van der Waals surface area contributed by atoms with E-state index < -0.39 is 0 Å². The second-order valence-electron chi connectivity index (χ2n) is 6.80. The smallest absolute Gasteiger partial charge is 0.222 e. The van der Waals surface area contributed by atoms with Crippen LogP contribution in [0.2, 0.25) is 0 Å². The molecule has 1 aliphatic heterocycles. The molecule has 3 rings (SSSR count). The summed E-state index contributed by atoms with van der Waals surface area (Å²) in [5.41, 5.74) is 6.87. The summed E-state index contributed by atoms with van der Waals surface area (Å²) in [4.78, 5) is 11.5. The Balaban J connectivity index is 2.01. The number of hydrogen-bond acceptors (Lipinski definition) is 4. The molecule has 0 amide bonds. The van der Waals surface area contributed by atoms with E-state index in [0.717, 1.165) is 18.1 Å². The fourth-order valence-electron chi connectivity index (χ4n) is 3.77. The lowest BCUT2D eigenvalue weighted by molar-refractivity contribution is 0.317. The molecular formula is C18H25BrN4. The third-order valence-electron chi connectivity index (χ3n) is 5.06. The number of hydrogen-bond donors (Lipinski definition) is 1. The van der Waals surface area contributed by atoms with Gasteiger partial charge >= 0.3 is 0 Å². The number of aryl methyl sites for hydroxylation is 1. The van der Waals surface area contributed by atoms with Crippen molar-refractivity contribution in [2.24, 2.45) is 5.41 Å². The minimum Gasteiger partial charge on any atom is -0.368 e. The van der Waals surface area contributed by atoms with Crippen molar-refractivity contribution >= 4 is 27.7 Å². The first-order valence-electron chi connectivity index (χ1n) is 8.38. The Labute approximate surface area is 147 Å². The SMILES string of the molecule is Cc1cc(N2CCCCC[C@H]2C2(C)C=CC=CC2Br)nc(N)n1. The van der Waals surface area contributed by atoms with Gasteiger partial charge in [-0.1, -0.05) is 60.0 Å². The summed E-state index contributed by atoms with van der Waals surface area (Å²) in [6.45, 7) is 5.34. The van der Waals surface area contributed by atoms with Crippen molar-refractivity contribution in [3.63, 3.8) is 0 Å². The van der Waals surface area contributed by atoms with E-state index in [0.29, 0.717) is 16.8 Å². The van der Waals surface area contributed by atoms with Crippen LogP contribution in [0.3, 0.4) is 0 Å². The zero-order valence-corrected chi connectivity index (χ0v) is 15.5. The molecule has 23 heavy (non-hydrogen) atoms. The Morgan fingerprint density at radius 1 is 1.26 bits per heavy atom. The molecule has 1 aliphatic carbocycles. The average Bonchev–Trinajstić information content (AvgIpc) is 2.75. The number of rotatable bonds is 2. The molecule has 1 fully saturated rings. The monoisotopic (exact) mass is 376 g/mol. The molecule has 2 N–H and O–H groups in total. The molecule has 0 radical (unpaired) electrons. The zero-order valence-electron chi connectivity index (χ0n) is 13.9. The summed E-state index contributed by atoms with van der Waals surface area (Å²) in [5.74, 6) is 1.33. The van der Waals surface area contributed by atoms with Crippen molar-refractivity contribution in [2.75, 3.05) is 17.2 Å². The molecule has 5 heteroatoms. The van der Waals surface area contributed by atoms with Gasteiger partial charge < -0.3 is 10.6 Å². The number of anilines is 2. The molecule has 2 heterocycles. The van der Waals surface area contributed by atoms with Crippen molar-refractivity contribution < 1.29 is 0 Å². The molecule has 2 aliphatic rings. The lowest BCUT2D eigenvalue weighted by atomic mass is 9.74. The van der Waals surface area contributed by atoms with Gasteiger partial charge in [-0.25, -0.2) is 4.98 Å². The zero-order chi connectivity index (χ0) is 16.4. The van der Waals surface area contributed by atoms with Crippen LogP contribution in [0.5, 0.6) is 0 Å². The van der Waals surface area contributed by atoms with Gasteiger partial charge in [-0.2, -0.15) is 4.98 Å². The summed E-state index contributed by atoms with van der Waals surface area (Å²) >= 11 is 3.88. The van der Waals surface area contributed by atoms with Gasteiger partial charge in [0.05, 0.1) is 0 Å². The third kappa shape index (κ3) is 3.30. The standard InChI is InChI=1S/C18H25BrN4/c1-13-12-16(22-17(20)21-13)23-11-7-3-4-9-15(23)18(2)10-6-5-8-14(18)19/h5-6,8,10,12,14-15H,3-4,7,9,11H2,1-2H3,(H2,20,21,22)/t14?,15-,18?/m0/s1. The van der Waals surface area contributed by atoms with Crippen LogP contribution in [0.4, 0.5) is 11.8 Å². The lowest BCUT2D eigenvalue weighted by Crippen LogP contribution is -2.50. The summed E-state index contributed by atoms with van der Waals surface area (Å²) in [6.07, 6.45) is 13.8. The van der Waals surface area contributed by atoms with Crippen LogP contribution >= 0.6 is 15.9 Å². The summed E-state index contributed by atoms with van der Waals surface area (Å²) in [7, 11) is 0. The first-order valence-corrected chi connectivity index (χ1v) is 9.30. The number of alkyl halides is 1. The highest BCUT2D eigenvalue weighted by Crippen LogP contribution is 2.43. The maximum Gasteiger partial charge on any atom is 0.222 e. The van der Waals surface area contributed by atoms with Crippen molar-refractivity contribution in [3.05, 3.63) is 36.1 Å². The van der Waals surface area contributed by atoms with E-state index in [1.165, 1.54) is 25.7 Å². The number of nitrogen functional groups attached to an aromatic ring is 1. The van der Waals surface area contributed by atoms with E-state index in [1.807, 2.05) is 6.92 Å². The van der Waals surface area contributed by atoms with Crippen LogP contribution in [0, 0.1) is 12.3 Å². The topological polar surface area (TPSA) is 55.0 Å². The highest BCUT2D eigenvalue weighted by molar-refractivity contribution is 9.09. The molecule has 0 bridgehead atoms. The van der Waals surface area contributed by atoms with Crippen molar-refractivity contribution in [1.29, 1.82) is 0 Å². The normalized spacial score (nSPS) is 31.2. The summed E-state index contributed by atoms with van der Waals surface area (Å²) in [5, 5.41) is 0. The molecule has 4 nitrogen and oxygen atoms in total. The highest BCUT2D eigenvalue weighted by Gasteiger charge is 2.42. The van der Waals surface area contributed by atoms with Crippen LogP contribution in [-0.4, -0.2) is 27.4 Å². The Morgan fingerprint density at radius 3 is 2.83 bits per heavy atom. The number of nitrogens with zero attached hydrogens (tertiary/aromatic N) is 3. The molecule has 1 saturated heterocycles. The molecular weight excluding hydrogens is 352 g/mol. The van der Waals surface area contributed by atoms with Gasteiger partial charge in [-0.15, -0.1) is 0 Å². The van der Waals surface area contributed by atoms with E-state index in [-0.39, 0.29) is 5.41 Å². The first kappa shape index (κ1) is 16.5. The van der Waals surface area contributed by atoms with Gasteiger partial charge in [0.25, 0.3) is 0 Å². The number of aromatic nitrogens is 2. The van der Waals surface area contributed by atoms with E-state index in [2.05, 4.69) is 68.1 Å². The second-order valence-corrected chi connectivity index (χ2v) is 7.78. The molecule has 124 valence electrons. The first-order chi connectivity index (χ1) is 11.0. The van der Waals surface area contributed by atoms with Crippen LogP contribution < -0.4 is 10.6 Å². The van der Waals surface area contributed by atoms with Gasteiger partial charge in [0.2, 0.25) is 5.95 Å². The molecule has 0 saturated carbocycles. The Morgan fingerprint density at radius 2 is 2.09 bits per heavy atom. The van der Waals surface area contributed by atoms with E-state index in [9.17, 15) is 0 Å². The molecule has 1 aromatic rings. The Bertz CT molecular complexity index is 607. The molecule has 0 spiro atoms. The predicted octanol–water partition coefficient (Wildman–Crippen LogP) is 4.01. The van der Waals surface area contributed by atoms with Gasteiger partial charge in [0.15, 0.2) is 0 Å². The fourth-order valence-corrected chi connectivity index (χ4v) is 4.40. The van der Waals surface area contributed by atoms with Crippen LogP contribution in [-0.2, 0) is 0 Å². The van der Waals surface area contributed by atoms with Gasteiger partial charge in [-0.05, 0) is 19.8 Å². The molecule has 3 atom stereocenters. The maximum atomic E-state index is 5.91. The number of halogens is 1. The van der Waals surface area contributed by atoms with Gasteiger partial charge in [0, 0.05) is 34.6 Å². The summed E-state index contributed by atoms with van der Waals surface area (Å²) < 4.78 is 0. The van der Waals surface area contributed by atoms with Crippen molar-refractivity contribution in [2.45, 2.75) is 50.4 Å². The van der Waals surface area contributed by atoms with Crippen LogP contribution in [0.1, 0.15) is 38.3 Å². The lowest BCUT2D eigenvalue weighted by Gasteiger charge is -2.45. The maximum absolute atomic E-state index is 5.91. The predicted molar refractivity (Wildman–Crippen MR) is 99.9 cm³/mol. The Kier molecular flexibility index (Phi) is 4.76. The average molecular weight is 377 g/mol. The quantitative estimate of drug-likeness (QED) is 0.792. The molecule has 0 aromatic carbocycles. The van der Waals surface area contributed by atoms with Crippen LogP contribution in [0.25, 0.3) is 0 Å². The number of nitrogens with two attached hydrogens (primary N) is 1. The summed E-state index contributed by atoms with van der Waals surface area (Å²) in [6, 6.07) is 2.45. The minimum atomic E-state index is 0.0344. The van der Waals surface area contributed by atoms with E-state index in [1.54, 1.807) is 0 Å². The highest BCUT2D eigenvalue weighted by atomic mass is 79.9. The van der Waals surface area contributed by atoms with Crippen LogP contribution in [0.15, 0.2) is 30.4 Å². The van der Waals surface area contributed by atoms with Crippen molar-refractivity contribution in [3.8, 4) is 0 Å². The van der Waals surface area contributed by atoms with E-state index >= 15 is 0 Å². The second kappa shape index (κ2) is 6.63. The molecule has 2 unspecified atom stereocenters.